The summed E-state index contributed by atoms with van der Waals surface area (Å²) in [6.45, 7) is 8.70. The highest BCUT2D eigenvalue weighted by atomic mass is 79.9. The van der Waals surface area contributed by atoms with Crippen LogP contribution in [-0.2, 0) is 4.74 Å². The molecule has 0 aromatic heterocycles. The molecule has 1 aromatic rings. The molecule has 0 radical (unpaired) electrons. The maximum absolute atomic E-state index is 5.98. The fourth-order valence-electron chi connectivity index (χ4n) is 3.30. The zero-order valence-corrected chi connectivity index (χ0v) is 15.2. The topological polar surface area (TPSA) is 27.7 Å². The second-order valence-electron chi connectivity index (χ2n) is 5.95. The second-order valence-corrected chi connectivity index (χ2v) is 6.93. The van der Waals surface area contributed by atoms with Crippen LogP contribution in [0, 0.1) is 18.8 Å². The van der Waals surface area contributed by atoms with Crippen LogP contribution in [0.5, 0.6) is 11.5 Å². The van der Waals surface area contributed by atoms with Gasteiger partial charge in [-0.1, -0.05) is 22.9 Å². The molecule has 118 valence electrons. The number of hydrogen-bond acceptors (Lipinski definition) is 3. The molecule has 21 heavy (non-hydrogen) atoms. The molecule has 1 saturated heterocycles. The highest BCUT2D eigenvalue weighted by molar-refractivity contribution is 9.09. The van der Waals surface area contributed by atoms with Gasteiger partial charge in [0.15, 0.2) is 11.5 Å². The molecule has 3 nitrogen and oxygen atoms in total. The Morgan fingerprint density at radius 3 is 2.10 bits per heavy atom. The van der Waals surface area contributed by atoms with Crippen molar-refractivity contribution < 1.29 is 14.2 Å². The summed E-state index contributed by atoms with van der Waals surface area (Å²) in [6.07, 6.45) is 0.539. The molecule has 2 rings (SSSR count). The monoisotopic (exact) mass is 356 g/mol. The van der Waals surface area contributed by atoms with Gasteiger partial charge in [0.2, 0.25) is 0 Å². The lowest BCUT2D eigenvalue weighted by Crippen LogP contribution is -2.22. The Balaban J connectivity index is 2.37. The third-order valence-corrected chi connectivity index (χ3v) is 5.83. The zero-order valence-electron chi connectivity index (χ0n) is 13.6. The largest absolute Gasteiger partial charge is 0.493 e. The van der Waals surface area contributed by atoms with Crippen LogP contribution in [0.1, 0.15) is 36.7 Å². The molecule has 1 heterocycles. The molecule has 0 N–H and O–H groups in total. The van der Waals surface area contributed by atoms with Crippen molar-refractivity contribution in [3.05, 3.63) is 23.3 Å². The molecule has 1 aliphatic rings. The lowest BCUT2D eigenvalue weighted by atomic mass is 9.83. The van der Waals surface area contributed by atoms with E-state index in [-0.39, 0.29) is 10.9 Å². The predicted octanol–water partition coefficient (Wildman–Crippen LogP) is 4.51. The SMILES string of the molecule is COc1cc(C)c(C(Br)C2C(C)OC(C)C2C)cc1OC. The number of ether oxygens (including phenoxy) is 3. The van der Waals surface area contributed by atoms with Gasteiger partial charge in [-0.15, -0.1) is 0 Å². The Morgan fingerprint density at radius 1 is 1.05 bits per heavy atom. The van der Waals surface area contributed by atoms with Gasteiger partial charge >= 0.3 is 0 Å². The van der Waals surface area contributed by atoms with Gasteiger partial charge in [0.25, 0.3) is 0 Å². The minimum atomic E-state index is 0.242. The summed E-state index contributed by atoms with van der Waals surface area (Å²) in [5.41, 5.74) is 2.45. The lowest BCUT2D eigenvalue weighted by Gasteiger charge is -2.26. The van der Waals surface area contributed by atoms with Crippen molar-refractivity contribution in [3.63, 3.8) is 0 Å². The average molecular weight is 357 g/mol. The maximum atomic E-state index is 5.98. The number of halogens is 1. The van der Waals surface area contributed by atoms with Gasteiger partial charge in [-0.2, -0.15) is 0 Å². The molecular formula is C17H25BrO3. The summed E-state index contributed by atoms with van der Waals surface area (Å²) < 4.78 is 16.8. The number of benzene rings is 1. The summed E-state index contributed by atoms with van der Waals surface area (Å²) in [7, 11) is 3.34. The Labute approximate surface area is 136 Å². The van der Waals surface area contributed by atoms with Crippen molar-refractivity contribution in [2.45, 2.75) is 44.7 Å². The number of hydrogen-bond donors (Lipinski definition) is 0. The summed E-state index contributed by atoms with van der Waals surface area (Å²) in [4.78, 5) is 0.243. The Kier molecular flexibility index (Phi) is 5.20. The van der Waals surface area contributed by atoms with Gasteiger partial charge in [0, 0.05) is 10.7 Å². The summed E-state index contributed by atoms with van der Waals surface area (Å²) in [5, 5.41) is 0. The maximum Gasteiger partial charge on any atom is 0.161 e. The molecule has 1 aliphatic heterocycles. The van der Waals surface area contributed by atoms with Gasteiger partial charge in [-0.05, 0) is 49.9 Å². The average Bonchev–Trinajstić information content (AvgIpc) is 2.71. The lowest BCUT2D eigenvalue weighted by molar-refractivity contribution is 0.0511. The first-order chi connectivity index (χ1) is 9.90. The molecule has 0 bridgehead atoms. The van der Waals surface area contributed by atoms with E-state index in [0.29, 0.717) is 17.9 Å². The van der Waals surface area contributed by atoms with E-state index in [1.165, 1.54) is 11.1 Å². The Hall–Kier alpha value is -0.740. The number of aryl methyl sites for hydroxylation is 1. The summed E-state index contributed by atoms with van der Waals surface area (Å²) in [5.74, 6) is 2.50. The number of rotatable bonds is 4. The molecule has 0 saturated carbocycles. The quantitative estimate of drug-likeness (QED) is 0.743. The van der Waals surface area contributed by atoms with E-state index in [1.54, 1.807) is 14.2 Å². The van der Waals surface area contributed by atoms with Crippen molar-refractivity contribution in [1.82, 2.24) is 0 Å². The molecule has 0 spiro atoms. The van der Waals surface area contributed by atoms with Crippen LogP contribution in [-0.4, -0.2) is 26.4 Å². The first kappa shape index (κ1) is 16.6. The van der Waals surface area contributed by atoms with E-state index >= 15 is 0 Å². The van der Waals surface area contributed by atoms with Crippen LogP contribution in [0.15, 0.2) is 12.1 Å². The summed E-state index contributed by atoms with van der Waals surface area (Å²) in [6, 6.07) is 4.12. The molecule has 5 unspecified atom stereocenters. The molecule has 0 aliphatic carbocycles. The number of methoxy groups -OCH3 is 2. The van der Waals surface area contributed by atoms with Crippen molar-refractivity contribution in [2.24, 2.45) is 11.8 Å². The van der Waals surface area contributed by atoms with Crippen LogP contribution in [0.3, 0.4) is 0 Å². The minimum absolute atomic E-state index is 0.242. The highest BCUT2D eigenvalue weighted by Gasteiger charge is 2.41. The normalized spacial score (nSPS) is 30.2. The highest BCUT2D eigenvalue weighted by Crippen LogP contribution is 2.47. The fraction of sp³-hybridized carbons (Fsp3) is 0.647. The van der Waals surface area contributed by atoms with E-state index in [1.807, 2.05) is 6.07 Å². The van der Waals surface area contributed by atoms with Crippen LogP contribution in [0.4, 0.5) is 0 Å². The van der Waals surface area contributed by atoms with E-state index in [2.05, 4.69) is 49.7 Å². The van der Waals surface area contributed by atoms with E-state index in [9.17, 15) is 0 Å². The van der Waals surface area contributed by atoms with Crippen LogP contribution in [0.25, 0.3) is 0 Å². The van der Waals surface area contributed by atoms with E-state index < -0.39 is 0 Å². The van der Waals surface area contributed by atoms with Crippen molar-refractivity contribution in [1.29, 1.82) is 0 Å². The Bertz CT molecular complexity index is 503. The standard InChI is InChI=1S/C17H25BrO3/c1-9-7-14(19-5)15(20-6)8-13(9)17(18)16-10(2)11(3)21-12(16)4/h7-8,10-12,16-17H,1-6H3. The molecule has 0 amide bonds. The molecule has 4 heteroatoms. The minimum Gasteiger partial charge on any atom is -0.493 e. The summed E-state index contributed by atoms with van der Waals surface area (Å²) >= 11 is 3.91. The first-order valence-electron chi connectivity index (χ1n) is 7.42. The Morgan fingerprint density at radius 2 is 1.62 bits per heavy atom. The van der Waals surface area contributed by atoms with E-state index in [0.717, 1.165) is 11.5 Å². The molecular weight excluding hydrogens is 332 g/mol. The zero-order chi connectivity index (χ0) is 15.7. The van der Waals surface area contributed by atoms with Crippen LogP contribution < -0.4 is 9.47 Å². The predicted molar refractivity (Wildman–Crippen MR) is 88.6 cm³/mol. The third kappa shape index (κ3) is 3.07. The molecule has 1 fully saturated rings. The fourth-order valence-corrected chi connectivity index (χ4v) is 4.70. The van der Waals surface area contributed by atoms with Crippen molar-refractivity contribution in [2.75, 3.05) is 14.2 Å². The van der Waals surface area contributed by atoms with Gasteiger partial charge in [-0.25, -0.2) is 0 Å². The third-order valence-electron chi connectivity index (χ3n) is 4.73. The van der Waals surface area contributed by atoms with Crippen molar-refractivity contribution in [3.8, 4) is 11.5 Å². The number of alkyl halides is 1. The van der Waals surface area contributed by atoms with E-state index in [4.69, 9.17) is 14.2 Å². The molecule has 5 atom stereocenters. The van der Waals surface area contributed by atoms with Crippen LogP contribution in [0.2, 0.25) is 0 Å². The first-order valence-corrected chi connectivity index (χ1v) is 8.34. The van der Waals surface area contributed by atoms with Gasteiger partial charge in [0.1, 0.15) is 0 Å². The second kappa shape index (κ2) is 6.57. The van der Waals surface area contributed by atoms with Gasteiger partial charge in [0.05, 0.1) is 26.4 Å². The van der Waals surface area contributed by atoms with Crippen LogP contribution >= 0.6 is 15.9 Å². The smallest absolute Gasteiger partial charge is 0.161 e. The van der Waals surface area contributed by atoms with Gasteiger partial charge in [-0.3, -0.25) is 0 Å². The van der Waals surface area contributed by atoms with Crippen molar-refractivity contribution >= 4 is 15.9 Å². The van der Waals surface area contributed by atoms with Gasteiger partial charge < -0.3 is 14.2 Å². The molecule has 1 aromatic carbocycles.